The van der Waals surface area contributed by atoms with E-state index < -0.39 is 0 Å². The number of nitrogens with zero attached hydrogens (tertiary/aromatic N) is 4. The smallest absolute Gasteiger partial charge is 0.275 e. The molecule has 2 aromatic carbocycles. The largest absolute Gasteiger partial charge is 0.368 e. The Balaban J connectivity index is 1.36. The first-order chi connectivity index (χ1) is 14.1. The van der Waals surface area contributed by atoms with E-state index in [4.69, 9.17) is 0 Å². The minimum Gasteiger partial charge on any atom is -0.368 e. The average molecular weight is 387 g/mol. The molecule has 148 valence electrons. The highest BCUT2D eigenvalue weighted by atomic mass is 16.1. The van der Waals surface area contributed by atoms with E-state index in [1.54, 1.807) is 12.4 Å². The van der Waals surface area contributed by atoms with Crippen molar-refractivity contribution in [2.24, 2.45) is 0 Å². The Kier molecular flexibility index (Phi) is 5.42. The summed E-state index contributed by atoms with van der Waals surface area (Å²) in [5.74, 6) is 0.555. The van der Waals surface area contributed by atoms with Crippen LogP contribution in [0, 0.1) is 13.8 Å². The monoisotopic (exact) mass is 387 g/mol. The normalized spacial score (nSPS) is 14.0. The van der Waals surface area contributed by atoms with Crippen molar-refractivity contribution in [2.75, 3.05) is 41.3 Å². The van der Waals surface area contributed by atoms with Crippen LogP contribution in [0.4, 0.5) is 17.2 Å². The number of anilines is 3. The van der Waals surface area contributed by atoms with Crippen molar-refractivity contribution in [3.8, 4) is 0 Å². The summed E-state index contributed by atoms with van der Waals surface area (Å²) in [6.45, 7) is 7.71. The molecule has 6 nitrogen and oxygen atoms in total. The molecule has 4 rings (SSSR count). The maximum Gasteiger partial charge on any atom is 0.275 e. The molecule has 1 amide bonds. The Morgan fingerprint density at radius 3 is 2.21 bits per heavy atom. The summed E-state index contributed by atoms with van der Waals surface area (Å²) in [7, 11) is 0. The van der Waals surface area contributed by atoms with Gasteiger partial charge in [-0.15, -0.1) is 0 Å². The molecule has 1 saturated heterocycles. The second-order valence-electron chi connectivity index (χ2n) is 7.40. The second-order valence-corrected chi connectivity index (χ2v) is 7.40. The third-order valence-electron chi connectivity index (χ3n) is 5.12. The Hall–Kier alpha value is -3.41. The maximum atomic E-state index is 12.4. The van der Waals surface area contributed by atoms with Crippen LogP contribution >= 0.6 is 0 Å². The van der Waals surface area contributed by atoms with Crippen LogP contribution in [0.3, 0.4) is 0 Å². The van der Waals surface area contributed by atoms with Gasteiger partial charge in [-0.2, -0.15) is 0 Å². The number of aromatic nitrogens is 2. The predicted octanol–water partition coefficient (Wildman–Crippen LogP) is 3.67. The molecule has 3 aromatic rings. The van der Waals surface area contributed by atoms with Crippen molar-refractivity contribution in [3.05, 3.63) is 77.7 Å². The lowest BCUT2D eigenvalue weighted by Crippen LogP contribution is -2.46. The molecular formula is C23H25N5O. The van der Waals surface area contributed by atoms with Crippen molar-refractivity contribution >= 4 is 23.1 Å². The number of carbonyl (C=O) groups is 1. The van der Waals surface area contributed by atoms with Crippen molar-refractivity contribution in [2.45, 2.75) is 13.8 Å². The predicted molar refractivity (Wildman–Crippen MR) is 117 cm³/mol. The summed E-state index contributed by atoms with van der Waals surface area (Å²) in [5, 5.41) is 2.86. The number of hydrogen-bond acceptors (Lipinski definition) is 5. The van der Waals surface area contributed by atoms with E-state index in [2.05, 4.69) is 56.3 Å². The molecule has 1 aliphatic rings. The average Bonchev–Trinajstić information content (AvgIpc) is 2.74. The first-order valence-corrected chi connectivity index (χ1v) is 9.85. The van der Waals surface area contributed by atoms with Gasteiger partial charge in [0.05, 0.1) is 12.4 Å². The van der Waals surface area contributed by atoms with Crippen molar-refractivity contribution in [1.82, 2.24) is 9.97 Å². The van der Waals surface area contributed by atoms with Crippen LogP contribution in [0.5, 0.6) is 0 Å². The number of piperazine rings is 1. The quantitative estimate of drug-likeness (QED) is 0.740. The van der Waals surface area contributed by atoms with Crippen LogP contribution in [0.2, 0.25) is 0 Å². The number of benzene rings is 2. The van der Waals surface area contributed by atoms with Gasteiger partial charge in [-0.1, -0.05) is 24.3 Å². The zero-order valence-electron chi connectivity index (χ0n) is 16.8. The zero-order chi connectivity index (χ0) is 20.2. The molecule has 2 heterocycles. The number of rotatable bonds is 4. The van der Waals surface area contributed by atoms with Crippen LogP contribution in [0.15, 0.2) is 60.9 Å². The SMILES string of the molecule is Cc1cccc(NC(=O)c2cnc(N3CCN(c4cccc(C)c4)CC3)cn2)c1. The lowest BCUT2D eigenvalue weighted by Gasteiger charge is -2.36. The van der Waals surface area contributed by atoms with Gasteiger partial charge in [-0.05, 0) is 49.2 Å². The first kappa shape index (κ1) is 18.9. The number of amides is 1. The summed E-state index contributed by atoms with van der Waals surface area (Å²) in [4.78, 5) is 25.8. The molecule has 1 aliphatic heterocycles. The standard InChI is InChI=1S/C23H25N5O/c1-17-5-3-7-19(13-17)26-23(29)21-15-25-22(16-24-21)28-11-9-27(10-12-28)20-8-4-6-18(2)14-20/h3-8,13-16H,9-12H2,1-2H3,(H,26,29). The van der Waals surface area contributed by atoms with Gasteiger partial charge in [-0.3, -0.25) is 4.79 Å². The van der Waals surface area contributed by atoms with Gasteiger partial charge < -0.3 is 15.1 Å². The summed E-state index contributed by atoms with van der Waals surface area (Å²) in [6.07, 6.45) is 3.24. The van der Waals surface area contributed by atoms with Gasteiger partial charge in [-0.25, -0.2) is 9.97 Å². The molecule has 1 aromatic heterocycles. The van der Waals surface area contributed by atoms with Crippen LogP contribution in [0.25, 0.3) is 0 Å². The van der Waals surface area contributed by atoms with E-state index in [1.807, 2.05) is 31.2 Å². The van der Waals surface area contributed by atoms with Crippen molar-refractivity contribution in [1.29, 1.82) is 0 Å². The topological polar surface area (TPSA) is 61.4 Å². The Labute approximate surface area is 171 Å². The number of nitrogens with one attached hydrogen (secondary N) is 1. The summed E-state index contributed by atoms with van der Waals surface area (Å²) in [5.41, 5.74) is 4.70. The molecule has 0 atom stereocenters. The van der Waals surface area contributed by atoms with Crippen molar-refractivity contribution in [3.63, 3.8) is 0 Å². The molecule has 1 N–H and O–H groups in total. The molecule has 0 saturated carbocycles. The Morgan fingerprint density at radius 2 is 1.55 bits per heavy atom. The van der Waals surface area contributed by atoms with Gasteiger partial charge >= 0.3 is 0 Å². The lowest BCUT2D eigenvalue weighted by molar-refractivity contribution is 0.102. The lowest BCUT2D eigenvalue weighted by atomic mass is 10.2. The van der Waals surface area contributed by atoms with E-state index >= 15 is 0 Å². The van der Waals surface area contributed by atoms with Crippen LogP contribution in [0.1, 0.15) is 21.6 Å². The minimum atomic E-state index is -0.251. The number of hydrogen-bond donors (Lipinski definition) is 1. The van der Waals surface area contributed by atoms with E-state index in [-0.39, 0.29) is 5.91 Å². The summed E-state index contributed by atoms with van der Waals surface area (Å²) in [6, 6.07) is 16.3. The third-order valence-corrected chi connectivity index (χ3v) is 5.12. The summed E-state index contributed by atoms with van der Waals surface area (Å²) >= 11 is 0. The van der Waals surface area contributed by atoms with E-state index in [0.717, 1.165) is 43.2 Å². The van der Waals surface area contributed by atoms with Gasteiger partial charge in [0.15, 0.2) is 0 Å². The summed E-state index contributed by atoms with van der Waals surface area (Å²) < 4.78 is 0. The molecular weight excluding hydrogens is 362 g/mol. The molecule has 0 aliphatic carbocycles. The van der Waals surface area contributed by atoms with Gasteiger partial charge in [0.1, 0.15) is 11.5 Å². The first-order valence-electron chi connectivity index (χ1n) is 9.85. The molecule has 29 heavy (non-hydrogen) atoms. The third kappa shape index (κ3) is 4.54. The van der Waals surface area contributed by atoms with Crippen LogP contribution in [-0.2, 0) is 0 Å². The highest BCUT2D eigenvalue weighted by Gasteiger charge is 2.19. The fourth-order valence-corrected chi connectivity index (χ4v) is 3.54. The van der Waals surface area contributed by atoms with E-state index in [0.29, 0.717) is 5.69 Å². The zero-order valence-corrected chi connectivity index (χ0v) is 16.8. The van der Waals surface area contributed by atoms with Gasteiger partial charge in [0.2, 0.25) is 0 Å². The van der Waals surface area contributed by atoms with Gasteiger partial charge in [0.25, 0.3) is 5.91 Å². The fraction of sp³-hybridized carbons (Fsp3) is 0.261. The maximum absolute atomic E-state index is 12.4. The molecule has 6 heteroatoms. The van der Waals surface area contributed by atoms with Crippen molar-refractivity contribution < 1.29 is 4.79 Å². The Morgan fingerprint density at radius 1 is 0.862 bits per heavy atom. The van der Waals surface area contributed by atoms with E-state index in [9.17, 15) is 4.79 Å². The minimum absolute atomic E-state index is 0.251. The van der Waals surface area contributed by atoms with Gasteiger partial charge in [0, 0.05) is 37.6 Å². The molecule has 1 fully saturated rings. The van der Waals surface area contributed by atoms with Crippen LogP contribution < -0.4 is 15.1 Å². The van der Waals surface area contributed by atoms with Crippen LogP contribution in [-0.4, -0.2) is 42.1 Å². The second kappa shape index (κ2) is 8.31. The number of aryl methyl sites for hydroxylation is 2. The fourth-order valence-electron chi connectivity index (χ4n) is 3.54. The van der Waals surface area contributed by atoms with E-state index in [1.165, 1.54) is 11.3 Å². The highest BCUT2D eigenvalue weighted by molar-refractivity contribution is 6.02. The highest BCUT2D eigenvalue weighted by Crippen LogP contribution is 2.20. The Bertz CT molecular complexity index is 994. The number of carbonyl (C=O) groups excluding carboxylic acids is 1. The molecule has 0 unspecified atom stereocenters. The molecule has 0 spiro atoms. The molecule has 0 bridgehead atoms. The molecule has 0 radical (unpaired) electrons.